The Morgan fingerprint density at radius 1 is 1.39 bits per heavy atom. The Bertz CT molecular complexity index is 626. The molecule has 0 radical (unpaired) electrons. The van der Waals surface area contributed by atoms with Gasteiger partial charge in [-0.25, -0.2) is 20.8 Å². The van der Waals surface area contributed by atoms with E-state index in [0.29, 0.717) is 21.7 Å². The van der Waals surface area contributed by atoms with Crippen molar-refractivity contribution in [3.8, 4) is 0 Å². The van der Waals surface area contributed by atoms with Gasteiger partial charge in [-0.3, -0.25) is 4.79 Å². The summed E-state index contributed by atoms with van der Waals surface area (Å²) in [4.78, 5) is 26.3. The highest BCUT2D eigenvalue weighted by atomic mass is 32.2. The van der Waals surface area contributed by atoms with Gasteiger partial charge in [-0.15, -0.1) is 0 Å². The molecule has 0 aliphatic rings. The molecule has 0 unspecified atom stereocenters. The molecule has 8 heteroatoms. The molecule has 0 amide bonds. The molecule has 0 fully saturated rings. The summed E-state index contributed by atoms with van der Waals surface area (Å²) in [6, 6.07) is 1.43. The molecule has 0 saturated carbocycles. The minimum atomic E-state index is -0.186. The third kappa shape index (κ3) is 2.66. The van der Waals surface area contributed by atoms with E-state index in [9.17, 15) is 4.79 Å². The predicted molar refractivity (Wildman–Crippen MR) is 68.3 cm³/mol. The highest BCUT2D eigenvalue weighted by molar-refractivity contribution is 7.99. The normalized spacial score (nSPS) is 10.4. The van der Waals surface area contributed by atoms with Crippen molar-refractivity contribution in [1.82, 2.24) is 19.9 Å². The Balaban J connectivity index is 2.37. The molecule has 0 saturated heterocycles. The minimum absolute atomic E-state index is 0.186. The average Bonchev–Trinajstić information content (AvgIpc) is 2.30. The Hall–Kier alpha value is -1.93. The molecule has 0 aliphatic heterocycles. The van der Waals surface area contributed by atoms with Gasteiger partial charge >= 0.3 is 0 Å². The highest BCUT2D eigenvalue weighted by Crippen LogP contribution is 2.27. The van der Waals surface area contributed by atoms with E-state index in [-0.39, 0.29) is 5.56 Å². The summed E-state index contributed by atoms with van der Waals surface area (Å²) in [5.41, 5.74) is 3.76. The second-order valence-corrected chi connectivity index (χ2v) is 4.57. The first-order valence-corrected chi connectivity index (χ1v) is 5.96. The SMILES string of the molecule is Cc1cc(=O)[nH]c(Sc2ncnc(NN)c2C)n1. The lowest BCUT2D eigenvalue weighted by Gasteiger charge is -2.07. The molecule has 94 valence electrons. The van der Waals surface area contributed by atoms with Crippen LogP contribution in [0.15, 0.2) is 27.4 Å². The van der Waals surface area contributed by atoms with Crippen LogP contribution in [0.25, 0.3) is 0 Å². The number of hydrogen-bond acceptors (Lipinski definition) is 7. The Kier molecular flexibility index (Phi) is 3.58. The topological polar surface area (TPSA) is 110 Å². The van der Waals surface area contributed by atoms with Crippen molar-refractivity contribution in [2.24, 2.45) is 5.84 Å². The van der Waals surface area contributed by atoms with Gasteiger partial charge in [0.2, 0.25) is 0 Å². The smallest absolute Gasteiger partial charge is 0.251 e. The number of hydrogen-bond donors (Lipinski definition) is 3. The molecule has 7 nitrogen and oxygen atoms in total. The third-order valence-corrected chi connectivity index (χ3v) is 3.21. The molecular formula is C10H12N6OS. The number of nitrogen functional groups attached to an aromatic ring is 1. The van der Waals surface area contributed by atoms with E-state index in [1.165, 1.54) is 24.2 Å². The van der Waals surface area contributed by atoms with Crippen LogP contribution in [-0.2, 0) is 0 Å². The first kappa shape index (κ1) is 12.5. The van der Waals surface area contributed by atoms with E-state index in [0.717, 1.165) is 5.56 Å². The molecule has 2 aromatic rings. The number of anilines is 1. The van der Waals surface area contributed by atoms with Crippen molar-refractivity contribution >= 4 is 17.6 Å². The number of nitrogens with zero attached hydrogens (tertiary/aromatic N) is 3. The van der Waals surface area contributed by atoms with Crippen molar-refractivity contribution in [2.45, 2.75) is 24.0 Å². The quantitative estimate of drug-likeness (QED) is 0.322. The number of hydrazine groups is 1. The molecule has 18 heavy (non-hydrogen) atoms. The second-order valence-electron chi connectivity index (χ2n) is 3.59. The van der Waals surface area contributed by atoms with E-state index in [4.69, 9.17) is 5.84 Å². The van der Waals surface area contributed by atoms with Crippen molar-refractivity contribution < 1.29 is 0 Å². The van der Waals surface area contributed by atoms with E-state index < -0.39 is 0 Å². The zero-order valence-corrected chi connectivity index (χ0v) is 10.7. The fourth-order valence-electron chi connectivity index (χ4n) is 1.37. The molecule has 0 spiro atoms. The van der Waals surface area contributed by atoms with Crippen LogP contribution in [0.3, 0.4) is 0 Å². The third-order valence-electron chi connectivity index (χ3n) is 2.22. The summed E-state index contributed by atoms with van der Waals surface area (Å²) in [7, 11) is 0. The lowest BCUT2D eigenvalue weighted by Crippen LogP contribution is -2.11. The van der Waals surface area contributed by atoms with Crippen LogP contribution < -0.4 is 16.8 Å². The molecule has 2 aromatic heterocycles. The summed E-state index contributed by atoms with van der Waals surface area (Å²) in [5.74, 6) is 5.88. The minimum Gasteiger partial charge on any atom is -0.308 e. The van der Waals surface area contributed by atoms with Gasteiger partial charge in [-0.05, 0) is 25.6 Å². The molecule has 0 aliphatic carbocycles. The van der Waals surface area contributed by atoms with Crippen LogP contribution in [0.5, 0.6) is 0 Å². The number of aryl methyl sites for hydroxylation is 1. The van der Waals surface area contributed by atoms with Crippen molar-refractivity contribution in [3.63, 3.8) is 0 Å². The first-order chi connectivity index (χ1) is 8.60. The second kappa shape index (κ2) is 5.15. The van der Waals surface area contributed by atoms with Gasteiger partial charge in [0.25, 0.3) is 5.56 Å². The summed E-state index contributed by atoms with van der Waals surface area (Å²) in [6.07, 6.45) is 1.40. The number of rotatable bonds is 3. The molecule has 0 bridgehead atoms. The van der Waals surface area contributed by atoms with Gasteiger partial charge in [0.1, 0.15) is 17.2 Å². The van der Waals surface area contributed by atoms with Crippen LogP contribution >= 0.6 is 11.8 Å². The summed E-state index contributed by atoms with van der Waals surface area (Å²) in [5, 5.41) is 1.18. The molecular weight excluding hydrogens is 252 g/mol. The maximum Gasteiger partial charge on any atom is 0.251 e. The first-order valence-electron chi connectivity index (χ1n) is 5.14. The van der Waals surface area contributed by atoms with Gasteiger partial charge in [-0.2, -0.15) is 0 Å². The Morgan fingerprint density at radius 3 is 2.83 bits per heavy atom. The lowest BCUT2D eigenvalue weighted by molar-refractivity contribution is 0.897. The lowest BCUT2D eigenvalue weighted by atomic mass is 10.3. The Labute approximate surface area is 107 Å². The van der Waals surface area contributed by atoms with Crippen LogP contribution in [0, 0.1) is 13.8 Å². The predicted octanol–water partition coefficient (Wildman–Crippen LogP) is 0.614. The van der Waals surface area contributed by atoms with E-state index in [1.54, 1.807) is 6.92 Å². The largest absolute Gasteiger partial charge is 0.308 e. The highest BCUT2D eigenvalue weighted by Gasteiger charge is 2.09. The van der Waals surface area contributed by atoms with Crippen LogP contribution in [0.4, 0.5) is 5.82 Å². The van der Waals surface area contributed by atoms with Crippen molar-refractivity contribution in [1.29, 1.82) is 0 Å². The van der Waals surface area contributed by atoms with Gasteiger partial charge in [0.05, 0.1) is 0 Å². The number of aromatic nitrogens is 4. The van der Waals surface area contributed by atoms with Crippen molar-refractivity contribution in [3.05, 3.63) is 34.0 Å². The molecule has 4 N–H and O–H groups in total. The standard InChI is InChI=1S/C10H12N6OS/c1-5-3-7(17)15-10(14-5)18-9-6(2)8(16-11)12-4-13-9/h3-4H,11H2,1-2H3,(H,12,13,16)(H,14,15,17). The van der Waals surface area contributed by atoms with E-state index in [1.807, 2.05) is 6.92 Å². The number of nitrogens with two attached hydrogens (primary N) is 1. The fraction of sp³-hybridized carbons (Fsp3) is 0.200. The van der Waals surface area contributed by atoms with Gasteiger partial charge in [0, 0.05) is 17.3 Å². The molecule has 2 heterocycles. The fourth-order valence-corrected chi connectivity index (χ4v) is 2.25. The maximum atomic E-state index is 11.3. The van der Waals surface area contributed by atoms with Crippen LogP contribution in [0.1, 0.15) is 11.3 Å². The zero-order chi connectivity index (χ0) is 13.1. The van der Waals surface area contributed by atoms with E-state index in [2.05, 4.69) is 25.4 Å². The summed E-state index contributed by atoms with van der Waals surface area (Å²) < 4.78 is 0. The van der Waals surface area contributed by atoms with E-state index >= 15 is 0 Å². The van der Waals surface area contributed by atoms with Gasteiger partial charge in [0.15, 0.2) is 5.16 Å². The zero-order valence-electron chi connectivity index (χ0n) is 9.89. The Morgan fingerprint density at radius 2 is 2.17 bits per heavy atom. The number of aromatic amines is 1. The monoisotopic (exact) mass is 264 g/mol. The molecule has 0 aromatic carbocycles. The molecule has 0 atom stereocenters. The van der Waals surface area contributed by atoms with Gasteiger partial charge in [-0.1, -0.05) is 0 Å². The van der Waals surface area contributed by atoms with Crippen LogP contribution in [-0.4, -0.2) is 19.9 Å². The maximum absolute atomic E-state index is 11.3. The van der Waals surface area contributed by atoms with Crippen LogP contribution in [0.2, 0.25) is 0 Å². The molecule has 2 rings (SSSR count). The van der Waals surface area contributed by atoms with Gasteiger partial charge < -0.3 is 10.4 Å². The average molecular weight is 264 g/mol. The number of nitrogens with one attached hydrogen (secondary N) is 2. The summed E-state index contributed by atoms with van der Waals surface area (Å²) >= 11 is 1.26. The summed E-state index contributed by atoms with van der Waals surface area (Å²) in [6.45, 7) is 3.60. The van der Waals surface area contributed by atoms with Crippen molar-refractivity contribution in [2.75, 3.05) is 5.43 Å². The number of H-pyrrole nitrogens is 1.